The van der Waals surface area contributed by atoms with Crippen LogP contribution in [0.4, 0.5) is 0 Å². The molecule has 1 saturated heterocycles. The number of hydrogen-bond donors (Lipinski definition) is 3. The maximum atomic E-state index is 11.5. The molecule has 5 heteroatoms. The van der Waals surface area contributed by atoms with Gasteiger partial charge in [0.2, 0.25) is 5.91 Å². The lowest BCUT2D eigenvalue weighted by molar-refractivity contribution is -0.141. The topological polar surface area (TPSA) is 78.4 Å². The maximum Gasteiger partial charge on any atom is 0.306 e. The molecule has 1 unspecified atom stereocenters. The summed E-state index contributed by atoms with van der Waals surface area (Å²) in [5.74, 6) is -1.06. The molecule has 16 heavy (non-hydrogen) atoms. The molecule has 0 bridgehead atoms. The van der Waals surface area contributed by atoms with Gasteiger partial charge >= 0.3 is 5.97 Å². The Morgan fingerprint density at radius 3 is 2.88 bits per heavy atom. The number of aliphatic carboxylic acids is 1. The molecule has 1 heterocycles. The monoisotopic (exact) mass is 228 g/mol. The van der Waals surface area contributed by atoms with E-state index in [1.54, 1.807) is 6.92 Å². The molecular weight excluding hydrogens is 208 g/mol. The van der Waals surface area contributed by atoms with Gasteiger partial charge in [-0.15, -0.1) is 0 Å². The van der Waals surface area contributed by atoms with Crippen molar-refractivity contribution in [2.75, 3.05) is 13.1 Å². The van der Waals surface area contributed by atoms with Gasteiger partial charge in [0.15, 0.2) is 0 Å². The van der Waals surface area contributed by atoms with Gasteiger partial charge in [-0.25, -0.2) is 0 Å². The number of amides is 1. The molecule has 2 atom stereocenters. The molecule has 0 aliphatic carbocycles. The van der Waals surface area contributed by atoms with E-state index < -0.39 is 5.97 Å². The number of hydrogen-bond acceptors (Lipinski definition) is 3. The molecule has 1 aliphatic rings. The Bertz CT molecular complexity index is 250. The molecule has 1 fully saturated rings. The Hall–Kier alpha value is -1.10. The molecule has 92 valence electrons. The molecule has 1 amide bonds. The Balaban J connectivity index is 2.06. The minimum atomic E-state index is -0.774. The van der Waals surface area contributed by atoms with Crippen LogP contribution in [0, 0.1) is 5.92 Å². The fraction of sp³-hybridized carbons (Fsp3) is 0.818. The van der Waals surface area contributed by atoms with Crippen LogP contribution >= 0.6 is 0 Å². The Morgan fingerprint density at radius 1 is 1.56 bits per heavy atom. The summed E-state index contributed by atoms with van der Waals surface area (Å²) < 4.78 is 0. The van der Waals surface area contributed by atoms with Crippen LogP contribution in [-0.4, -0.2) is 36.1 Å². The molecule has 0 aromatic carbocycles. The highest BCUT2D eigenvalue weighted by atomic mass is 16.4. The van der Waals surface area contributed by atoms with E-state index in [0.29, 0.717) is 19.4 Å². The van der Waals surface area contributed by atoms with Crippen molar-refractivity contribution in [3.05, 3.63) is 0 Å². The molecule has 0 aromatic rings. The maximum absolute atomic E-state index is 11.5. The van der Waals surface area contributed by atoms with E-state index in [0.717, 1.165) is 19.4 Å². The highest BCUT2D eigenvalue weighted by Gasteiger charge is 2.21. The highest BCUT2D eigenvalue weighted by molar-refractivity contribution is 5.81. The van der Waals surface area contributed by atoms with Gasteiger partial charge in [-0.1, -0.05) is 6.92 Å². The lowest BCUT2D eigenvalue weighted by Crippen LogP contribution is -2.40. The first-order valence-corrected chi connectivity index (χ1v) is 5.85. The number of rotatable bonds is 6. The van der Waals surface area contributed by atoms with E-state index >= 15 is 0 Å². The third kappa shape index (κ3) is 4.18. The smallest absolute Gasteiger partial charge is 0.306 e. The van der Waals surface area contributed by atoms with Crippen LogP contribution in [0.15, 0.2) is 0 Å². The first-order chi connectivity index (χ1) is 7.61. The molecule has 5 nitrogen and oxygen atoms in total. The molecule has 0 spiro atoms. The van der Waals surface area contributed by atoms with Crippen molar-refractivity contribution in [3.63, 3.8) is 0 Å². The quantitative estimate of drug-likeness (QED) is 0.573. The summed E-state index contributed by atoms with van der Waals surface area (Å²) in [6, 6.07) is -0.0445. The fourth-order valence-electron chi connectivity index (χ4n) is 1.77. The Kier molecular flexibility index (Phi) is 5.25. The fourth-order valence-corrected chi connectivity index (χ4v) is 1.77. The summed E-state index contributed by atoms with van der Waals surface area (Å²) in [5.41, 5.74) is 0. The van der Waals surface area contributed by atoms with E-state index in [4.69, 9.17) is 5.11 Å². The summed E-state index contributed by atoms with van der Waals surface area (Å²) in [5, 5.41) is 14.6. The van der Waals surface area contributed by atoms with E-state index in [1.807, 2.05) is 0 Å². The summed E-state index contributed by atoms with van der Waals surface area (Å²) >= 11 is 0. The lowest BCUT2D eigenvalue weighted by atomic mass is 10.1. The summed E-state index contributed by atoms with van der Waals surface area (Å²) in [6.45, 7) is 3.16. The average Bonchev–Trinajstić information content (AvgIpc) is 2.76. The van der Waals surface area contributed by atoms with Gasteiger partial charge in [0.05, 0.1) is 12.0 Å². The van der Waals surface area contributed by atoms with Crippen LogP contribution in [0.25, 0.3) is 0 Å². The van der Waals surface area contributed by atoms with E-state index in [9.17, 15) is 9.59 Å². The molecule has 1 aliphatic heterocycles. The number of carbonyl (C=O) groups is 2. The second kappa shape index (κ2) is 6.48. The van der Waals surface area contributed by atoms with Gasteiger partial charge in [0.1, 0.15) is 0 Å². The van der Waals surface area contributed by atoms with Crippen molar-refractivity contribution in [1.29, 1.82) is 0 Å². The molecule has 0 radical (unpaired) electrons. The van der Waals surface area contributed by atoms with Crippen molar-refractivity contribution in [3.8, 4) is 0 Å². The van der Waals surface area contributed by atoms with Crippen molar-refractivity contribution in [2.24, 2.45) is 5.92 Å². The predicted molar refractivity (Wildman–Crippen MR) is 60.1 cm³/mol. The molecule has 1 rings (SSSR count). The normalized spacial score (nSPS) is 21.7. The first kappa shape index (κ1) is 13.0. The molecular formula is C11H20N2O3. The SMILES string of the molecule is CC(CCCNC(=O)[C@@H]1CCCN1)C(=O)O. The van der Waals surface area contributed by atoms with Crippen LogP contribution in [0.1, 0.15) is 32.6 Å². The van der Waals surface area contributed by atoms with Crippen LogP contribution in [-0.2, 0) is 9.59 Å². The average molecular weight is 228 g/mol. The van der Waals surface area contributed by atoms with Gasteiger partial charge in [-0.3, -0.25) is 9.59 Å². The van der Waals surface area contributed by atoms with Crippen LogP contribution < -0.4 is 10.6 Å². The van der Waals surface area contributed by atoms with Crippen LogP contribution in [0.2, 0.25) is 0 Å². The molecule has 3 N–H and O–H groups in total. The third-order valence-corrected chi connectivity index (χ3v) is 2.91. The Morgan fingerprint density at radius 2 is 2.31 bits per heavy atom. The van der Waals surface area contributed by atoms with Crippen molar-refractivity contribution in [1.82, 2.24) is 10.6 Å². The third-order valence-electron chi connectivity index (χ3n) is 2.91. The largest absolute Gasteiger partial charge is 0.481 e. The summed E-state index contributed by atoms with van der Waals surface area (Å²) in [4.78, 5) is 22.1. The predicted octanol–water partition coefficient (Wildman–Crippen LogP) is 0.356. The lowest BCUT2D eigenvalue weighted by Gasteiger charge is -2.11. The standard InChI is InChI=1S/C11H20N2O3/c1-8(11(15)16)4-2-7-13-10(14)9-5-3-6-12-9/h8-9,12H,2-7H2,1H3,(H,13,14)(H,15,16)/t8?,9-/m0/s1. The van der Waals surface area contributed by atoms with Crippen LogP contribution in [0.3, 0.4) is 0 Å². The van der Waals surface area contributed by atoms with E-state index in [1.165, 1.54) is 0 Å². The van der Waals surface area contributed by atoms with Crippen molar-refractivity contribution in [2.45, 2.75) is 38.6 Å². The number of nitrogens with one attached hydrogen (secondary N) is 2. The molecule has 0 aromatic heterocycles. The zero-order valence-electron chi connectivity index (χ0n) is 9.66. The van der Waals surface area contributed by atoms with Gasteiger partial charge in [-0.05, 0) is 32.2 Å². The van der Waals surface area contributed by atoms with Gasteiger partial charge in [-0.2, -0.15) is 0 Å². The number of carboxylic acid groups (broad SMARTS) is 1. The second-order valence-corrected chi connectivity index (χ2v) is 4.32. The summed E-state index contributed by atoms with van der Waals surface area (Å²) in [6.07, 6.45) is 3.27. The second-order valence-electron chi connectivity index (χ2n) is 4.32. The minimum Gasteiger partial charge on any atom is -0.481 e. The van der Waals surface area contributed by atoms with Gasteiger partial charge < -0.3 is 15.7 Å². The number of carboxylic acids is 1. The first-order valence-electron chi connectivity index (χ1n) is 5.85. The van der Waals surface area contributed by atoms with Gasteiger partial charge in [0, 0.05) is 6.54 Å². The highest BCUT2D eigenvalue weighted by Crippen LogP contribution is 2.06. The van der Waals surface area contributed by atoms with E-state index in [-0.39, 0.29) is 17.9 Å². The number of carbonyl (C=O) groups excluding carboxylic acids is 1. The zero-order valence-corrected chi connectivity index (χ0v) is 9.66. The Labute approximate surface area is 95.6 Å². The van der Waals surface area contributed by atoms with E-state index in [2.05, 4.69) is 10.6 Å². The van der Waals surface area contributed by atoms with Crippen molar-refractivity contribution < 1.29 is 14.7 Å². The summed E-state index contributed by atoms with van der Waals surface area (Å²) in [7, 11) is 0. The molecule has 0 saturated carbocycles. The zero-order chi connectivity index (χ0) is 12.0. The van der Waals surface area contributed by atoms with Crippen LogP contribution in [0.5, 0.6) is 0 Å². The van der Waals surface area contributed by atoms with Gasteiger partial charge in [0.25, 0.3) is 0 Å². The minimum absolute atomic E-state index is 0.0421. The van der Waals surface area contributed by atoms with Crippen molar-refractivity contribution >= 4 is 11.9 Å².